The zero-order valence-electron chi connectivity index (χ0n) is 18.4. The number of pyridine rings is 1. The van der Waals surface area contributed by atoms with Crippen LogP contribution in [0.4, 0.5) is 0 Å². The molecule has 0 aliphatic heterocycles. The van der Waals surface area contributed by atoms with Gasteiger partial charge in [-0.05, 0) is 49.9 Å². The summed E-state index contributed by atoms with van der Waals surface area (Å²) in [6, 6.07) is 14.9. The van der Waals surface area contributed by atoms with Gasteiger partial charge in [-0.2, -0.15) is 0 Å². The normalized spacial score (nSPS) is 13.2. The SMILES string of the molecule is CCC.CCc1ccn2c(-c3ccnc(C4CC4)n3)c(-c3ccc(C)cc3)nc2c1. The van der Waals surface area contributed by atoms with Crippen molar-refractivity contribution in [3.63, 3.8) is 0 Å². The van der Waals surface area contributed by atoms with E-state index in [1.165, 1.54) is 30.4 Å². The van der Waals surface area contributed by atoms with Crippen molar-refractivity contribution < 1.29 is 0 Å². The van der Waals surface area contributed by atoms with E-state index in [0.717, 1.165) is 40.5 Å². The Morgan fingerprint density at radius 1 is 0.967 bits per heavy atom. The lowest BCUT2D eigenvalue weighted by molar-refractivity contribution is 0.926. The average molecular weight is 399 g/mol. The zero-order chi connectivity index (χ0) is 21.1. The Bertz CT molecular complexity index is 1140. The van der Waals surface area contributed by atoms with Gasteiger partial charge in [0.1, 0.15) is 11.5 Å². The molecule has 30 heavy (non-hydrogen) atoms. The van der Waals surface area contributed by atoms with E-state index in [1.54, 1.807) is 0 Å². The molecule has 0 radical (unpaired) electrons. The highest BCUT2D eigenvalue weighted by Crippen LogP contribution is 2.39. The highest BCUT2D eigenvalue weighted by atomic mass is 15.0. The molecular formula is C26H30N4. The third-order valence-electron chi connectivity index (χ3n) is 5.28. The molecule has 3 aromatic heterocycles. The van der Waals surface area contributed by atoms with Crippen molar-refractivity contribution in [1.29, 1.82) is 0 Å². The molecule has 0 N–H and O–H groups in total. The smallest absolute Gasteiger partial charge is 0.138 e. The van der Waals surface area contributed by atoms with Crippen LogP contribution in [0.25, 0.3) is 28.3 Å². The molecule has 3 heterocycles. The van der Waals surface area contributed by atoms with Crippen LogP contribution in [0.1, 0.15) is 62.9 Å². The van der Waals surface area contributed by atoms with Crippen LogP contribution in [0, 0.1) is 6.92 Å². The lowest BCUT2D eigenvalue weighted by Crippen LogP contribution is -1.97. The van der Waals surface area contributed by atoms with Gasteiger partial charge in [-0.15, -0.1) is 0 Å². The number of fused-ring (bicyclic) bond motifs is 1. The summed E-state index contributed by atoms with van der Waals surface area (Å²) in [4.78, 5) is 14.4. The number of nitrogens with zero attached hydrogens (tertiary/aromatic N) is 4. The van der Waals surface area contributed by atoms with E-state index in [0.29, 0.717) is 5.92 Å². The van der Waals surface area contributed by atoms with Crippen molar-refractivity contribution in [2.24, 2.45) is 0 Å². The van der Waals surface area contributed by atoms with Crippen LogP contribution < -0.4 is 0 Å². The predicted octanol–water partition coefficient (Wildman–Crippen LogP) is 6.62. The van der Waals surface area contributed by atoms with Crippen LogP contribution in [-0.4, -0.2) is 19.4 Å². The molecule has 5 rings (SSSR count). The van der Waals surface area contributed by atoms with Gasteiger partial charge in [0.05, 0.1) is 17.1 Å². The Kier molecular flexibility index (Phi) is 5.93. The summed E-state index contributed by atoms with van der Waals surface area (Å²) in [6.45, 7) is 8.52. The second-order valence-corrected chi connectivity index (χ2v) is 8.07. The molecule has 0 atom stereocenters. The lowest BCUT2D eigenvalue weighted by Gasteiger charge is -2.07. The van der Waals surface area contributed by atoms with Crippen LogP contribution in [-0.2, 0) is 6.42 Å². The summed E-state index contributed by atoms with van der Waals surface area (Å²) >= 11 is 0. The molecule has 0 unspecified atom stereocenters. The van der Waals surface area contributed by atoms with E-state index in [2.05, 4.69) is 79.7 Å². The molecule has 0 bridgehead atoms. The maximum atomic E-state index is 4.99. The number of hydrogen-bond acceptors (Lipinski definition) is 3. The number of aromatic nitrogens is 4. The number of aryl methyl sites for hydroxylation is 2. The number of rotatable bonds is 4. The molecule has 1 saturated carbocycles. The van der Waals surface area contributed by atoms with Crippen LogP contribution in [0.15, 0.2) is 54.9 Å². The Balaban J connectivity index is 0.000000687. The minimum atomic E-state index is 0.527. The molecule has 154 valence electrons. The molecule has 1 aliphatic carbocycles. The highest BCUT2D eigenvalue weighted by Gasteiger charge is 2.27. The standard InChI is InChI=1S/C23H22N4.C3H8/c1-3-16-11-13-27-20(14-16)26-21(17-6-4-15(2)5-7-17)22(27)19-10-12-24-23(25-19)18-8-9-18;1-3-2/h4-7,10-14,18H,3,8-9H2,1-2H3;3H2,1-2H3. The Labute approximate surface area is 179 Å². The van der Waals surface area contributed by atoms with Gasteiger partial charge in [-0.25, -0.2) is 15.0 Å². The van der Waals surface area contributed by atoms with Gasteiger partial charge in [0.25, 0.3) is 0 Å². The van der Waals surface area contributed by atoms with Crippen LogP contribution >= 0.6 is 0 Å². The minimum absolute atomic E-state index is 0.527. The second kappa shape index (κ2) is 8.78. The number of benzene rings is 1. The first kappa shape index (κ1) is 20.3. The van der Waals surface area contributed by atoms with E-state index in [1.807, 2.05) is 12.3 Å². The first-order valence-corrected chi connectivity index (χ1v) is 11.1. The van der Waals surface area contributed by atoms with Gasteiger partial charge in [-0.1, -0.05) is 57.0 Å². The summed E-state index contributed by atoms with van der Waals surface area (Å²) in [7, 11) is 0. The second-order valence-electron chi connectivity index (χ2n) is 8.07. The molecule has 0 spiro atoms. The van der Waals surface area contributed by atoms with Crippen molar-refractivity contribution in [3.8, 4) is 22.6 Å². The van der Waals surface area contributed by atoms with E-state index >= 15 is 0 Å². The number of hydrogen-bond donors (Lipinski definition) is 0. The Morgan fingerprint density at radius 3 is 2.37 bits per heavy atom. The van der Waals surface area contributed by atoms with Crippen molar-refractivity contribution in [2.75, 3.05) is 0 Å². The topological polar surface area (TPSA) is 43.1 Å². The third-order valence-corrected chi connectivity index (χ3v) is 5.28. The van der Waals surface area contributed by atoms with Crippen molar-refractivity contribution >= 4 is 5.65 Å². The molecule has 0 saturated heterocycles. The van der Waals surface area contributed by atoms with Crippen molar-refractivity contribution in [2.45, 2.75) is 59.3 Å². The molecule has 4 nitrogen and oxygen atoms in total. The molecule has 1 fully saturated rings. The molecule has 4 heteroatoms. The summed E-state index contributed by atoms with van der Waals surface area (Å²) in [5, 5.41) is 0. The Morgan fingerprint density at radius 2 is 1.70 bits per heavy atom. The first-order valence-electron chi connectivity index (χ1n) is 11.1. The Hall–Kier alpha value is -3.01. The summed E-state index contributed by atoms with van der Waals surface area (Å²) in [5.41, 5.74) is 7.57. The van der Waals surface area contributed by atoms with Crippen LogP contribution in [0.3, 0.4) is 0 Å². The monoisotopic (exact) mass is 398 g/mol. The maximum absolute atomic E-state index is 4.99. The molecule has 1 aliphatic rings. The lowest BCUT2D eigenvalue weighted by atomic mass is 10.1. The summed E-state index contributed by atoms with van der Waals surface area (Å²) in [5.74, 6) is 1.49. The van der Waals surface area contributed by atoms with Gasteiger partial charge in [0, 0.05) is 23.9 Å². The fourth-order valence-corrected chi connectivity index (χ4v) is 3.51. The summed E-state index contributed by atoms with van der Waals surface area (Å²) < 4.78 is 2.16. The minimum Gasteiger partial charge on any atom is -0.298 e. The van der Waals surface area contributed by atoms with E-state index in [4.69, 9.17) is 9.97 Å². The van der Waals surface area contributed by atoms with Crippen LogP contribution in [0.5, 0.6) is 0 Å². The average Bonchev–Trinajstić information content (AvgIpc) is 3.55. The van der Waals surface area contributed by atoms with Gasteiger partial charge >= 0.3 is 0 Å². The highest BCUT2D eigenvalue weighted by molar-refractivity contribution is 5.80. The fraction of sp³-hybridized carbons (Fsp3) is 0.346. The predicted molar refractivity (Wildman–Crippen MR) is 124 cm³/mol. The van der Waals surface area contributed by atoms with E-state index in [-0.39, 0.29) is 0 Å². The largest absolute Gasteiger partial charge is 0.298 e. The molecule has 0 amide bonds. The van der Waals surface area contributed by atoms with E-state index < -0.39 is 0 Å². The number of imidazole rings is 1. The fourth-order valence-electron chi connectivity index (χ4n) is 3.51. The molecule has 4 aromatic rings. The van der Waals surface area contributed by atoms with Gasteiger partial charge < -0.3 is 0 Å². The zero-order valence-corrected chi connectivity index (χ0v) is 18.4. The maximum Gasteiger partial charge on any atom is 0.138 e. The van der Waals surface area contributed by atoms with E-state index in [9.17, 15) is 0 Å². The van der Waals surface area contributed by atoms with Crippen molar-refractivity contribution in [1.82, 2.24) is 19.4 Å². The third kappa shape index (κ3) is 4.13. The summed E-state index contributed by atoms with van der Waals surface area (Å²) in [6.07, 6.45) is 8.64. The van der Waals surface area contributed by atoms with Gasteiger partial charge in [-0.3, -0.25) is 4.40 Å². The van der Waals surface area contributed by atoms with Gasteiger partial charge in [0.15, 0.2) is 0 Å². The molecule has 1 aromatic carbocycles. The quantitative estimate of drug-likeness (QED) is 0.388. The van der Waals surface area contributed by atoms with Gasteiger partial charge in [0.2, 0.25) is 0 Å². The molecular weight excluding hydrogens is 368 g/mol. The first-order chi connectivity index (χ1) is 14.6. The van der Waals surface area contributed by atoms with Crippen molar-refractivity contribution in [3.05, 3.63) is 71.8 Å². The van der Waals surface area contributed by atoms with Crippen LogP contribution in [0.2, 0.25) is 0 Å².